The van der Waals surface area contributed by atoms with Gasteiger partial charge in [0.25, 0.3) is 0 Å². The number of rotatable bonds is 5. The lowest BCUT2D eigenvalue weighted by atomic mass is 10.1. The van der Waals surface area contributed by atoms with Crippen molar-refractivity contribution in [2.75, 3.05) is 5.32 Å². The van der Waals surface area contributed by atoms with Crippen LogP contribution < -0.4 is 10.6 Å². The molecule has 106 valence electrons. The van der Waals surface area contributed by atoms with Crippen molar-refractivity contribution in [1.29, 1.82) is 0 Å². The normalized spacial score (nSPS) is 12.2. The average Bonchev–Trinajstić information content (AvgIpc) is 2.81. The highest BCUT2D eigenvalue weighted by Gasteiger charge is 2.07. The summed E-state index contributed by atoms with van der Waals surface area (Å²) in [5, 5.41) is 8.37. The maximum absolute atomic E-state index is 11.1. The summed E-state index contributed by atoms with van der Waals surface area (Å²) in [5.74, 6) is -0.0498. The van der Waals surface area contributed by atoms with Gasteiger partial charge in [-0.25, -0.2) is 0 Å². The van der Waals surface area contributed by atoms with Gasteiger partial charge in [0.1, 0.15) is 0 Å². The molecule has 0 saturated heterocycles. The Morgan fingerprint density at radius 1 is 1.40 bits per heavy atom. The highest BCUT2D eigenvalue weighted by molar-refractivity contribution is 9.10. The van der Waals surface area contributed by atoms with Crippen molar-refractivity contribution in [3.05, 3.63) is 50.6 Å². The Morgan fingerprint density at radius 3 is 2.85 bits per heavy atom. The molecule has 2 aromatic rings. The molecule has 1 amide bonds. The molecule has 0 radical (unpaired) electrons. The van der Waals surface area contributed by atoms with Crippen LogP contribution in [0.2, 0.25) is 0 Å². The fourth-order valence-electron chi connectivity index (χ4n) is 1.91. The molecular weight excluding hydrogens is 336 g/mol. The summed E-state index contributed by atoms with van der Waals surface area (Å²) < 4.78 is 1.12. The lowest BCUT2D eigenvalue weighted by Gasteiger charge is -2.15. The first-order valence-electron chi connectivity index (χ1n) is 6.38. The smallest absolute Gasteiger partial charge is 0.221 e. The van der Waals surface area contributed by atoms with Crippen molar-refractivity contribution in [3.8, 4) is 0 Å². The molecule has 2 N–H and O–H groups in total. The molecule has 0 aliphatic rings. The third kappa shape index (κ3) is 4.44. The van der Waals surface area contributed by atoms with Gasteiger partial charge in [-0.15, -0.1) is 11.3 Å². The van der Waals surface area contributed by atoms with E-state index in [2.05, 4.69) is 51.0 Å². The molecule has 1 aromatic heterocycles. The van der Waals surface area contributed by atoms with Gasteiger partial charge < -0.3 is 10.6 Å². The number of thiophene rings is 1. The lowest BCUT2D eigenvalue weighted by molar-refractivity contribution is -0.114. The highest BCUT2D eigenvalue weighted by atomic mass is 79.9. The molecule has 0 aliphatic heterocycles. The van der Waals surface area contributed by atoms with E-state index in [1.807, 2.05) is 18.2 Å². The topological polar surface area (TPSA) is 41.1 Å². The van der Waals surface area contributed by atoms with E-state index in [9.17, 15) is 4.79 Å². The largest absolute Gasteiger partial charge is 0.326 e. The summed E-state index contributed by atoms with van der Waals surface area (Å²) in [6, 6.07) is 10.3. The van der Waals surface area contributed by atoms with Gasteiger partial charge in [0, 0.05) is 39.9 Å². The molecule has 0 aliphatic carbocycles. The number of hydrogen-bond acceptors (Lipinski definition) is 3. The molecule has 3 nitrogen and oxygen atoms in total. The van der Waals surface area contributed by atoms with E-state index >= 15 is 0 Å². The summed E-state index contributed by atoms with van der Waals surface area (Å²) in [6.07, 6.45) is 0. The van der Waals surface area contributed by atoms with Crippen molar-refractivity contribution in [3.63, 3.8) is 0 Å². The van der Waals surface area contributed by atoms with E-state index in [4.69, 9.17) is 0 Å². The molecular formula is C15H17BrN2OS. The van der Waals surface area contributed by atoms with Crippen LogP contribution in [-0.4, -0.2) is 5.91 Å². The lowest BCUT2D eigenvalue weighted by Crippen LogP contribution is -2.17. The van der Waals surface area contributed by atoms with E-state index in [1.165, 1.54) is 11.8 Å². The fraction of sp³-hybridized carbons (Fsp3) is 0.267. The summed E-state index contributed by atoms with van der Waals surface area (Å²) in [7, 11) is 0. The van der Waals surface area contributed by atoms with Gasteiger partial charge in [-0.1, -0.05) is 12.1 Å². The van der Waals surface area contributed by atoms with Crippen molar-refractivity contribution >= 4 is 38.9 Å². The van der Waals surface area contributed by atoms with E-state index in [0.29, 0.717) is 0 Å². The maximum Gasteiger partial charge on any atom is 0.221 e. The van der Waals surface area contributed by atoms with Crippen molar-refractivity contribution in [2.45, 2.75) is 26.4 Å². The van der Waals surface area contributed by atoms with Crippen molar-refractivity contribution in [1.82, 2.24) is 5.32 Å². The first kappa shape index (κ1) is 15.2. The molecule has 20 heavy (non-hydrogen) atoms. The number of amides is 1. The molecule has 1 atom stereocenters. The van der Waals surface area contributed by atoms with Crippen LogP contribution in [0.15, 0.2) is 40.2 Å². The Labute approximate surface area is 131 Å². The molecule has 1 heterocycles. The van der Waals surface area contributed by atoms with Crippen LogP contribution in [0.5, 0.6) is 0 Å². The Kier molecular flexibility index (Phi) is 5.34. The number of benzene rings is 1. The van der Waals surface area contributed by atoms with Gasteiger partial charge in [0.05, 0.1) is 0 Å². The molecule has 0 bridgehead atoms. The first-order chi connectivity index (χ1) is 9.54. The zero-order chi connectivity index (χ0) is 14.5. The Morgan fingerprint density at radius 2 is 2.20 bits per heavy atom. The summed E-state index contributed by atoms with van der Waals surface area (Å²) in [6.45, 7) is 4.47. The minimum Gasteiger partial charge on any atom is -0.326 e. The number of nitrogens with one attached hydrogen (secondary N) is 2. The first-order valence-corrected chi connectivity index (χ1v) is 8.05. The molecule has 0 fully saturated rings. The molecule has 5 heteroatoms. The summed E-state index contributed by atoms with van der Waals surface area (Å²) in [5.41, 5.74) is 1.99. The Bertz CT molecular complexity index is 597. The van der Waals surface area contributed by atoms with Crippen LogP contribution in [0, 0.1) is 0 Å². The van der Waals surface area contributed by atoms with Crippen molar-refractivity contribution < 1.29 is 4.79 Å². The second-order valence-electron chi connectivity index (χ2n) is 4.64. The molecule has 0 saturated carbocycles. The maximum atomic E-state index is 11.1. The van der Waals surface area contributed by atoms with Crippen LogP contribution in [0.4, 0.5) is 5.69 Å². The Hall–Kier alpha value is -1.17. The van der Waals surface area contributed by atoms with Gasteiger partial charge in [-0.05, 0) is 46.6 Å². The predicted octanol–water partition coefficient (Wildman–Crippen LogP) is 4.32. The number of hydrogen-bond donors (Lipinski definition) is 2. The zero-order valence-corrected chi connectivity index (χ0v) is 13.8. The van der Waals surface area contributed by atoms with Crippen LogP contribution in [0.1, 0.15) is 30.3 Å². The highest BCUT2D eigenvalue weighted by Crippen LogP contribution is 2.22. The number of anilines is 1. The minimum absolute atomic E-state index is 0.0498. The van der Waals surface area contributed by atoms with E-state index < -0.39 is 0 Å². The monoisotopic (exact) mass is 352 g/mol. The number of carbonyl (C=O) groups is 1. The van der Waals surface area contributed by atoms with Crippen LogP contribution in [0.25, 0.3) is 0 Å². The van der Waals surface area contributed by atoms with Gasteiger partial charge in [-0.3, -0.25) is 4.79 Å². The quantitative estimate of drug-likeness (QED) is 0.841. The second kappa shape index (κ2) is 7.02. The van der Waals surface area contributed by atoms with E-state index in [0.717, 1.165) is 22.3 Å². The van der Waals surface area contributed by atoms with Crippen molar-refractivity contribution in [2.24, 2.45) is 0 Å². The summed E-state index contributed by atoms with van der Waals surface area (Å²) in [4.78, 5) is 12.4. The van der Waals surface area contributed by atoms with Crippen LogP contribution >= 0.6 is 27.3 Å². The standard InChI is InChI=1S/C15H17BrN2OS/c1-10(17-8-15-7-13(16)9-20-15)12-4-3-5-14(6-12)18-11(2)19/h3-7,9-10,17H,8H2,1-2H3,(H,18,19)/t10-/m0/s1. The van der Waals surface area contributed by atoms with Gasteiger partial charge in [0.15, 0.2) is 0 Å². The summed E-state index contributed by atoms with van der Waals surface area (Å²) >= 11 is 5.19. The van der Waals surface area contributed by atoms with Gasteiger partial charge in [0.2, 0.25) is 5.91 Å². The third-order valence-corrected chi connectivity index (χ3v) is 4.61. The SMILES string of the molecule is CC(=O)Nc1cccc([C@H](C)NCc2cc(Br)cs2)c1. The fourth-order valence-corrected chi connectivity index (χ4v) is 3.31. The molecule has 0 unspecified atom stereocenters. The number of carbonyl (C=O) groups excluding carboxylic acids is 1. The van der Waals surface area contributed by atoms with Crippen LogP contribution in [-0.2, 0) is 11.3 Å². The molecule has 1 aromatic carbocycles. The molecule has 2 rings (SSSR count). The Balaban J connectivity index is 1.97. The third-order valence-electron chi connectivity index (χ3n) is 2.91. The molecule has 0 spiro atoms. The van der Waals surface area contributed by atoms with Crippen LogP contribution in [0.3, 0.4) is 0 Å². The zero-order valence-electron chi connectivity index (χ0n) is 11.4. The van der Waals surface area contributed by atoms with Gasteiger partial charge in [-0.2, -0.15) is 0 Å². The number of halogens is 1. The van der Waals surface area contributed by atoms with E-state index in [1.54, 1.807) is 11.3 Å². The van der Waals surface area contributed by atoms with E-state index in [-0.39, 0.29) is 11.9 Å². The second-order valence-corrected chi connectivity index (χ2v) is 6.55. The average molecular weight is 353 g/mol. The minimum atomic E-state index is -0.0498. The predicted molar refractivity (Wildman–Crippen MR) is 88.0 cm³/mol. The van der Waals surface area contributed by atoms with Gasteiger partial charge >= 0.3 is 0 Å².